The quantitative estimate of drug-likeness (QED) is 0.619. The van der Waals surface area contributed by atoms with Crippen LogP contribution in [0.25, 0.3) is 0 Å². The van der Waals surface area contributed by atoms with Crippen LogP contribution in [0.4, 0.5) is 5.82 Å². The molecule has 1 aliphatic carbocycles. The maximum Gasteiger partial charge on any atom is 0.341 e. The van der Waals surface area contributed by atoms with Crippen molar-refractivity contribution in [3.8, 4) is 5.75 Å². The van der Waals surface area contributed by atoms with Crippen LogP contribution in [0, 0.1) is 0 Å². The van der Waals surface area contributed by atoms with Crippen LogP contribution in [0.1, 0.15) is 36.3 Å². The minimum absolute atomic E-state index is 0.0944. The fraction of sp³-hybridized carbons (Fsp3) is 0.263. The number of hydrogen-bond donors (Lipinski definition) is 4. The molecular weight excluding hydrogens is 366 g/mol. The average Bonchev–Trinajstić information content (AvgIpc) is 2.65. The molecule has 0 unspecified atom stereocenters. The number of anilines is 1. The summed E-state index contributed by atoms with van der Waals surface area (Å²) >= 11 is 0. The Balaban J connectivity index is 1.95. The Labute approximate surface area is 158 Å². The number of aromatic amines is 2. The van der Waals surface area contributed by atoms with E-state index in [9.17, 15) is 19.2 Å². The van der Waals surface area contributed by atoms with Gasteiger partial charge in [-0.05, 0) is 18.9 Å². The van der Waals surface area contributed by atoms with Gasteiger partial charge in [0.15, 0.2) is 12.4 Å². The first-order valence-electron chi connectivity index (χ1n) is 8.79. The van der Waals surface area contributed by atoms with Crippen molar-refractivity contribution in [2.45, 2.75) is 25.2 Å². The second kappa shape index (κ2) is 6.84. The van der Waals surface area contributed by atoms with Crippen LogP contribution < -0.4 is 21.3 Å². The topological polar surface area (TPSA) is 141 Å². The number of Topliss-reactive ketones (excluding diaryl/α,β-unsaturated/α-hetero) is 1. The maximum atomic E-state index is 12.8. The summed E-state index contributed by atoms with van der Waals surface area (Å²) in [6.45, 7) is -0.559. The van der Waals surface area contributed by atoms with Crippen LogP contribution in [0.5, 0.6) is 5.75 Å². The second-order valence-electron chi connectivity index (χ2n) is 6.64. The molecule has 0 amide bonds. The third kappa shape index (κ3) is 3.00. The number of aliphatic carboxylic acids is 1. The molecule has 9 heteroatoms. The molecule has 0 fully saturated rings. The Bertz CT molecular complexity index is 1130. The number of para-hydroxylation sites is 1. The zero-order valence-electron chi connectivity index (χ0n) is 14.7. The van der Waals surface area contributed by atoms with E-state index in [0.29, 0.717) is 36.1 Å². The predicted octanol–water partition coefficient (Wildman–Crippen LogP) is 1.09. The van der Waals surface area contributed by atoms with Gasteiger partial charge in [-0.25, -0.2) is 9.59 Å². The molecule has 0 saturated carbocycles. The first-order chi connectivity index (χ1) is 13.5. The van der Waals surface area contributed by atoms with Crippen molar-refractivity contribution < 1.29 is 19.4 Å². The summed E-state index contributed by atoms with van der Waals surface area (Å²) in [5.74, 6) is -1.51. The molecule has 0 radical (unpaired) electrons. The van der Waals surface area contributed by atoms with Gasteiger partial charge in [0.05, 0.1) is 11.5 Å². The summed E-state index contributed by atoms with van der Waals surface area (Å²) < 4.78 is 5.41. The lowest BCUT2D eigenvalue weighted by molar-refractivity contribution is -0.139. The smallest absolute Gasteiger partial charge is 0.341 e. The minimum atomic E-state index is -1.14. The molecule has 0 saturated heterocycles. The summed E-state index contributed by atoms with van der Waals surface area (Å²) in [5, 5.41) is 12.0. The van der Waals surface area contributed by atoms with Gasteiger partial charge in [-0.15, -0.1) is 0 Å². The van der Waals surface area contributed by atoms with Crippen molar-refractivity contribution in [2.24, 2.45) is 0 Å². The molecule has 1 atom stereocenters. The highest BCUT2D eigenvalue weighted by Crippen LogP contribution is 2.45. The average molecular weight is 383 g/mol. The van der Waals surface area contributed by atoms with E-state index in [1.807, 2.05) is 0 Å². The predicted molar refractivity (Wildman–Crippen MR) is 98.6 cm³/mol. The van der Waals surface area contributed by atoms with Gasteiger partial charge in [0.2, 0.25) is 0 Å². The second-order valence-corrected chi connectivity index (χ2v) is 6.64. The van der Waals surface area contributed by atoms with E-state index in [1.165, 1.54) is 0 Å². The van der Waals surface area contributed by atoms with Gasteiger partial charge in [0.1, 0.15) is 11.6 Å². The van der Waals surface area contributed by atoms with E-state index < -0.39 is 29.7 Å². The maximum absolute atomic E-state index is 12.8. The molecular formula is C19H17N3O6. The number of ketones is 1. The normalized spacial score (nSPS) is 18.1. The fourth-order valence-corrected chi connectivity index (χ4v) is 3.79. The molecule has 1 aliphatic heterocycles. The molecule has 0 spiro atoms. The van der Waals surface area contributed by atoms with E-state index >= 15 is 0 Å². The van der Waals surface area contributed by atoms with E-state index in [4.69, 9.17) is 9.84 Å². The molecule has 1 aromatic heterocycles. The Morgan fingerprint density at radius 3 is 2.71 bits per heavy atom. The molecule has 2 aromatic rings. The number of carbonyl (C=O) groups excluding carboxylic acids is 1. The lowest BCUT2D eigenvalue weighted by atomic mass is 9.76. The van der Waals surface area contributed by atoms with Crippen molar-refractivity contribution in [3.05, 3.63) is 67.5 Å². The van der Waals surface area contributed by atoms with Crippen molar-refractivity contribution in [1.29, 1.82) is 0 Å². The number of fused-ring (bicyclic) bond motifs is 1. The Kier molecular flexibility index (Phi) is 4.34. The first-order valence-corrected chi connectivity index (χ1v) is 8.79. The first kappa shape index (κ1) is 17.8. The van der Waals surface area contributed by atoms with Crippen molar-refractivity contribution >= 4 is 17.6 Å². The number of carbonyl (C=O) groups is 2. The molecule has 4 rings (SSSR count). The number of allylic oxidation sites excluding steroid dienone is 2. The molecule has 9 nitrogen and oxygen atoms in total. The third-order valence-electron chi connectivity index (χ3n) is 4.87. The molecule has 2 heterocycles. The van der Waals surface area contributed by atoms with Crippen molar-refractivity contribution in [1.82, 2.24) is 9.97 Å². The fourth-order valence-electron chi connectivity index (χ4n) is 3.79. The summed E-state index contributed by atoms with van der Waals surface area (Å²) in [4.78, 5) is 52.9. The van der Waals surface area contributed by atoms with Gasteiger partial charge in [-0.1, -0.05) is 18.2 Å². The van der Waals surface area contributed by atoms with Crippen LogP contribution in [0.2, 0.25) is 0 Å². The number of aromatic nitrogens is 2. The van der Waals surface area contributed by atoms with Crippen LogP contribution >= 0.6 is 0 Å². The molecule has 1 aromatic carbocycles. The number of nitrogens with one attached hydrogen (secondary N) is 3. The van der Waals surface area contributed by atoms with E-state index in [-0.39, 0.29) is 22.9 Å². The largest absolute Gasteiger partial charge is 0.482 e. The highest BCUT2D eigenvalue weighted by molar-refractivity contribution is 6.01. The number of carboxylic acids is 1. The lowest BCUT2D eigenvalue weighted by Crippen LogP contribution is -2.36. The molecule has 144 valence electrons. The van der Waals surface area contributed by atoms with Gasteiger partial charge in [-0.3, -0.25) is 19.6 Å². The number of carboxylic acid groups (broad SMARTS) is 1. The number of rotatable bonds is 4. The van der Waals surface area contributed by atoms with Gasteiger partial charge in [-0.2, -0.15) is 0 Å². The van der Waals surface area contributed by atoms with E-state index in [0.717, 1.165) is 0 Å². The lowest BCUT2D eigenvalue weighted by Gasteiger charge is -2.33. The van der Waals surface area contributed by atoms with Gasteiger partial charge >= 0.3 is 11.7 Å². The number of benzene rings is 1. The molecule has 28 heavy (non-hydrogen) atoms. The number of hydrogen-bond acceptors (Lipinski definition) is 6. The number of H-pyrrole nitrogens is 2. The molecule has 0 bridgehead atoms. The van der Waals surface area contributed by atoms with Crippen LogP contribution in [0.3, 0.4) is 0 Å². The molecule has 4 N–H and O–H groups in total. The zero-order chi connectivity index (χ0) is 19.8. The molecule has 2 aliphatic rings. The SMILES string of the molecule is O=C(O)COc1ccccc1[C@@H]1C2=C(CCCC2=O)Nc2[nH]c(=O)[nH]c(=O)c21. The van der Waals surface area contributed by atoms with Crippen LogP contribution in [-0.2, 0) is 9.59 Å². The van der Waals surface area contributed by atoms with Gasteiger partial charge in [0.25, 0.3) is 5.56 Å². The minimum Gasteiger partial charge on any atom is -0.482 e. The van der Waals surface area contributed by atoms with Crippen molar-refractivity contribution in [2.75, 3.05) is 11.9 Å². The summed E-state index contributed by atoms with van der Waals surface area (Å²) in [6.07, 6.45) is 1.62. The Morgan fingerprint density at radius 1 is 1.14 bits per heavy atom. The monoisotopic (exact) mass is 383 g/mol. The summed E-state index contributed by atoms with van der Waals surface area (Å²) in [5.41, 5.74) is 0.517. The van der Waals surface area contributed by atoms with Gasteiger partial charge in [0, 0.05) is 23.3 Å². The summed E-state index contributed by atoms with van der Waals surface area (Å²) in [7, 11) is 0. The van der Waals surface area contributed by atoms with Crippen molar-refractivity contribution in [3.63, 3.8) is 0 Å². The highest BCUT2D eigenvalue weighted by Gasteiger charge is 2.38. The standard InChI is InChI=1S/C19H17N3O6/c23-11-6-3-5-10-15(11)14(16-17(20-10)21-19(27)22-18(16)26)9-4-1-2-7-12(9)28-8-13(24)25/h1-2,4,7,14H,3,5-6,8H2,(H,24,25)(H3,20,21,22,26,27)/t14-/m1/s1. The van der Waals surface area contributed by atoms with E-state index in [2.05, 4.69) is 15.3 Å². The Morgan fingerprint density at radius 2 is 1.93 bits per heavy atom. The Hall–Kier alpha value is -3.62. The summed E-state index contributed by atoms with van der Waals surface area (Å²) in [6, 6.07) is 6.68. The van der Waals surface area contributed by atoms with E-state index in [1.54, 1.807) is 24.3 Å². The van der Waals surface area contributed by atoms with Crippen LogP contribution in [0.15, 0.2) is 45.1 Å². The number of ether oxygens (including phenoxy) is 1. The zero-order valence-corrected chi connectivity index (χ0v) is 14.7. The third-order valence-corrected chi connectivity index (χ3v) is 4.87. The van der Waals surface area contributed by atoms with Gasteiger partial charge < -0.3 is 15.2 Å². The van der Waals surface area contributed by atoms with Crippen LogP contribution in [-0.4, -0.2) is 33.4 Å². The highest BCUT2D eigenvalue weighted by atomic mass is 16.5.